The number of anilines is 1. The van der Waals surface area contributed by atoms with Gasteiger partial charge in [0.05, 0.1) is 0 Å². The van der Waals surface area contributed by atoms with E-state index < -0.39 is 0 Å². The molecule has 3 N–H and O–H groups in total. The summed E-state index contributed by atoms with van der Waals surface area (Å²) in [5.74, 6) is -0.412. The van der Waals surface area contributed by atoms with Gasteiger partial charge in [0.15, 0.2) is 11.5 Å². The fourth-order valence-corrected chi connectivity index (χ4v) is 3.87. The SMILES string of the molecule is Oc1ccc(-c2ccc(N3CCN(CCNCc4ccc(F)cc4)CC3)cc2)cc1O. The van der Waals surface area contributed by atoms with E-state index in [-0.39, 0.29) is 17.3 Å². The molecule has 3 aromatic rings. The predicted molar refractivity (Wildman–Crippen MR) is 122 cm³/mol. The molecule has 0 unspecified atom stereocenters. The lowest BCUT2D eigenvalue weighted by Crippen LogP contribution is -2.48. The number of nitrogens with one attached hydrogen (secondary N) is 1. The Labute approximate surface area is 182 Å². The normalized spacial score (nSPS) is 14.7. The molecule has 0 amide bonds. The number of benzene rings is 3. The van der Waals surface area contributed by atoms with Crippen LogP contribution in [-0.4, -0.2) is 54.4 Å². The standard InChI is InChI=1S/C25H28FN3O2/c26-22-6-1-19(2-7-22)18-27-11-12-28-13-15-29(16-14-28)23-8-3-20(4-9-23)21-5-10-24(30)25(31)17-21/h1-10,17,27,30-31H,11-16,18H2. The van der Waals surface area contributed by atoms with E-state index in [1.165, 1.54) is 23.9 Å². The second-order valence-corrected chi connectivity index (χ2v) is 7.88. The number of nitrogens with zero attached hydrogens (tertiary/aromatic N) is 2. The zero-order chi connectivity index (χ0) is 21.6. The Morgan fingerprint density at radius 1 is 0.774 bits per heavy atom. The number of phenols is 2. The quantitative estimate of drug-likeness (QED) is 0.400. The number of piperazine rings is 1. The van der Waals surface area contributed by atoms with Crippen LogP contribution in [0.5, 0.6) is 11.5 Å². The van der Waals surface area contributed by atoms with E-state index in [1.807, 2.05) is 24.3 Å². The highest BCUT2D eigenvalue weighted by molar-refractivity contribution is 5.69. The van der Waals surface area contributed by atoms with Gasteiger partial charge in [-0.25, -0.2) is 4.39 Å². The molecular weight excluding hydrogens is 393 g/mol. The predicted octanol–water partition coefficient (Wildman–Crippen LogP) is 3.82. The Hall–Kier alpha value is -3.09. The van der Waals surface area contributed by atoms with E-state index in [9.17, 15) is 14.6 Å². The van der Waals surface area contributed by atoms with Gasteiger partial charge in [-0.15, -0.1) is 0 Å². The summed E-state index contributed by atoms with van der Waals surface area (Å²) < 4.78 is 12.9. The van der Waals surface area contributed by atoms with Crippen LogP contribution in [0.4, 0.5) is 10.1 Å². The zero-order valence-electron chi connectivity index (χ0n) is 17.5. The average molecular weight is 422 g/mol. The van der Waals surface area contributed by atoms with E-state index in [1.54, 1.807) is 12.1 Å². The highest BCUT2D eigenvalue weighted by Crippen LogP contribution is 2.31. The molecule has 0 aromatic heterocycles. The second kappa shape index (κ2) is 9.81. The minimum atomic E-state index is -0.198. The average Bonchev–Trinajstić information content (AvgIpc) is 2.80. The van der Waals surface area contributed by atoms with Gasteiger partial charge in [0, 0.05) is 51.5 Å². The molecule has 0 bridgehead atoms. The molecule has 0 saturated carbocycles. The van der Waals surface area contributed by atoms with Crippen molar-refractivity contribution in [2.24, 2.45) is 0 Å². The molecule has 0 atom stereocenters. The molecule has 3 aromatic carbocycles. The van der Waals surface area contributed by atoms with Gasteiger partial charge < -0.3 is 20.4 Å². The highest BCUT2D eigenvalue weighted by atomic mass is 19.1. The third-order valence-corrected chi connectivity index (χ3v) is 5.76. The summed E-state index contributed by atoms with van der Waals surface area (Å²) in [7, 11) is 0. The molecular formula is C25H28FN3O2. The van der Waals surface area contributed by atoms with E-state index in [4.69, 9.17) is 0 Å². The van der Waals surface area contributed by atoms with Crippen LogP contribution in [0, 0.1) is 5.82 Å². The maximum atomic E-state index is 12.9. The smallest absolute Gasteiger partial charge is 0.158 e. The van der Waals surface area contributed by atoms with Crippen molar-refractivity contribution in [3.8, 4) is 22.6 Å². The Kier molecular flexibility index (Phi) is 6.70. The van der Waals surface area contributed by atoms with Gasteiger partial charge >= 0.3 is 0 Å². The molecule has 1 saturated heterocycles. The summed E-state index contributed by atoms with van der Waals surface area (Å²) in [6.07, 6.45) is 0. The Morgan fingerprint density at radius 3 is 2.13 bits per heavy atom. The first-order valence-electron chi connectivity index (χ1n) is 10.6. The minimum Gasteiger partial charge on any atom is -0.504 e. The van der Waals surface area contributed by atoms with E-state index >= 15 is 0 Å². The number of aromatic hydroxyl groups is 2. The maximum absolute atomic E-state index is 12.9. The van der Waals surface area contributed by atoms with Crippen LogP contribution in [0.25, 0.3) is 11.1 Å². The summed E-state index contributed by atoms with van der Waals surface area (Å²) in [4.78, 5) is 4.85. The van der Waals surface area contributed by atoms with Gasteiger partial charge in [0.2, 0.25) is 0 Å². The van der Waals surface area contributed by atoms with Crippen LogP contribution in [0.3, 0.4) is 0 Å². The van der Waals surface area contributed by atoms with Crippen molar-refractivity contribution in [2.45, 2.75) is 6.54 Å². The van der Waals surface area contributed by atoms with E-state index in [0.29, 0.717) is 0 Å². The third kappa shape index (κ3) is 5.54. The van der Waals surface area contributed by atoms with Gasteiger partial charge in [-0.2, -0.15) is 0 Å². The fourth-order valence-electron chi connectivity index (χ4n) is 3.87. The monoisotopic (exact) mass is 421 g/mol. The van der Waals surface area contributed by atoms with Crippen LogP contribution >= 0.6 is 0 Å². The van der Waals surface area contributed by atoms with Gasteiger partial charge in [-0.05, 0) is 53.1 Å². The van der Waals surface area contributed by atoms with Crippen LogP contribution in [-0.2, 0) is 6.54 Å². The van der Waals surface area contributed by atoms with Crippen molar-refractivity contribution in [2.75, 3.05) is 44.2 Å². The molecule has 1 heterocycles. The van der Waals surface area contributed by atoms with Crippen molar-refractivity contribution < 1.29 is 14.6 Å². The van der Waals surface area contributed by atoms with Crippen molar-refractivity contribution in [3.63, 3.8) is 0 Å². The molecule has 1 fully saturated rings. The molecule has 31 heavy (non-hydrogen) atoms. The van der Waals surface area contributed by atoms with Gasteiger partial charge in [-0.1, -0.05) is 30.3 Å². The number of hydrogen-bond donors (Lipinski definition) is 3. The first kappa shape index (κ1) is 21.2. The zero-order valence-corrected chi connectivity index (χ0v) is 17.5. The lowest BCUT2D eigenvalue weighted by Gasteiger charge is -2.36. The van der Waals surface area contributed by atoms with Gasteiger partial charge in [0.1, 0.15) is 5.82 Å². The van der Waals surface area contributed by atoms with Crippen LogP contribution in [0.2, 0.25) is 0 Å². The molecule has 1 aliphatic heterocycles. The Bertz CT molecular complexity index is 985. The van der Waals surface area contributed by atoms with Crippen LogP contribution in [0.1, 0.15) is 5.56 Å². The molecule has 5 nitrogen and oxygen atoms in total. The molecule has 6 heteroatoms. The second-order valence-electron chi connectivity index (χ2n) is 7.88. The van der Waals surface area contributed by atoms with Gasteiger partial charge in [0.25, 0.3) is 0 Å². The maximum Gasteiger partial charge on any atom is 0.158 e. The molecule has 4 rings (SSSR count). The summed E-state index contributed by atoms with van der Waals surface area (Å²) in [5.41, 5.74) is 4.17. The third-order valence-electron chi connectivity index (χ3n) is 5.76. The van der Waals surface area contributed by atoms with Crippen molar-refractivity contribution in [1.29, 1.82) is 0 Å². The van der Waals surface area contributed by atoms with E-state index in [2.05, 4.69) is 27.2 Å². The Morgan fingerprint density at radius 2 is 1.45 bits per heavy atom. The summed E-state index contributed by atoms with van der Waals surface area (Å²) in [6, 6.07) is 19.8. The molecule has 0 spiro atoms. The Balaban J connectivity index is 1.22. The lowest BCUT2D eigenvalue weighted by atomic mass is 10.0. The number of hydrogen-bond acceptors (Lipinski definition) is 5. The lowest BCUT2D eigenvalue weighted by molar-refractivity contribution is 0.257. The molecule has 0 radical (unpaired) electrons. The topological polar surface area (TPSA) is 59.0 Å². The molecule has 0 aliphatic carbocycles. The summed E-state index contributed by atoms with van der Waals surface area (Å²) in [5, 5.41) is 22.6. The first-order valence-corrected chi connectivity index (χ1v) is 10.6. The largest absolute Gasteiger partial charge is 0.504 e. The van der Waals surface area contributed by atoms with Crippen LogP contribution < -0.4 is 10.2 Å². The van der Waals surface area contributed by atoms with E-state index in [0.717, 1.165) is 62.5 Å². The molecule has 162 valence electrons. The van der Waals surface area contributed by atoms with Gasteiger partial charge in [-0.3, -0.25) is 4.90 Å². The molecule has 1 aliphatic rings. The number of halogens is 1. The van der Waals surface area contributed by atoms with Crippen molar-refractivity contribution in [1.82, 2.24) is 10.2 Å². The van der Waals surface area contributed by atoms with Crippen molar-refractivity contribution in [3.05, 3.63) is 78.1 Å². The van der Waals surface area contributed by atoms with Crippen molar-refractivity contribution >= 4 is 5.69 Å². The fraction of sp³-hybridized carbons (Fsp3) is 0.280. The summed E-state index contributed by atoms with van der Waals surface area (Å²) in [6.45, 7) is 6.67. The van der Waals surface area contributed by atoms with Crippen LogP contribution in [0.15, 0.2) is 66.7 Å². The number of phenolic OH excluding ortho intramolecular Hbond substituents is 2. The summed E-state index contributed by atoms with van der Waals surface area (Å²) >= 11 is 0. The minimum absolute atomic E-state index is 0.107. The first-order chi connectivity index (χ1) is 15.1. The number of rotatable bonds is 7. The highest BCUT2D eigenvalue weighted by Gasteiger charge is 2.17.